The highest BCUT2D eigenvalue weighted by Crippen LogP contribution is 2.01. The van der Waals surface area contributed by atoms with Gasteiger partial charge in [-0.3, -0.25) is 4.79 Å². The molecule has 2 nitrogen and oxygen atoms in total. The standard InChI is InChI=1S/C6H8O2S2/c1-3-4(9)5(10)6(7)8-2/h3,5,10H,1H2,2H3. The summed E-state index contributed by atoms with van der Waals surface area (Å²) in [4.78, 5) is 11.1. The van der Waals surface area contributed by atoms with Crippen molar-refractivity contribution in [3.63, 3.8) is 0 Å². The molecule has 1 unspecified atom stereocenters. The first kappa shape index (κ1) is 9.65. The van der Waals surface area contributed by atoms with Crippen LogP contribution in [0.2, 0.25) is 0 Å². The van der Waals surface area contributed by atoms with E-state index in [4.69, 9.17) is 12.2 Å². The third-order valence-electron chi connectivity index (χ3n) is 0.895. The zero-order valence-electron chi connectivity index (χ0n) is 5.53. The molecule has 56 valence electrons. The van der Waals surface area contributed by atoms with Crippen molar-refractivity contribution in [2.75, 3.05) is 7.11 Å². The number of carbonyl (C=O) groups excluding carboxylic acids is 1. The Hall–Kier alpha value is -0.350. The molecular formula is C6H8O2S2. The van der Waals surface area contributed by atoms with Crippen molar-refractivity contribution < 1.29 is 9.53 Å². The largest absolute Gasteiger partial charge is 0.468 e. The van der Waals surface area contributed by atoms with Gasteiger partial charge in [0, 0.05) is 4.86 Å². The molecular weight excluding hydrogens is 168 g/mol. The summed E-state index contributed by atoms with van der Waals surface area (Å²) >= 11 is 8.62. The van der Waals surface area contributed by atoms with E-state index in [2.05, 4.69) is 23.9 Å². The molecule has 0 saturated heterocycles. The van der Waals surface area contributed by atoms with E-state index in [1.165, 1.54) is 13.2 Å². The number of esters is 1. The van der Waals surface area contributed by atoms with Crippen LogP contribution >= 0.6 is 24.8 Å². The summed E-state index contributed by atoms with van der Waals surface area (Å²) in [5, 5.41) is -0.655. The SMILES string of the molecule is C=CC(=S)C(S)C(=O)OC. The van der Waals surface area contributed by atoms with E-state index >= 15 is 0 Å². The van der Waals surface area contributed by atoms with E-state index in [1.54, 1.807) is 0 Å². The number of rotatable bonds is 3. The Kier molecular flexibility index (Phi) is 4.31. The molecule has 0 amide bonds. The van der Waals surface area contributed by atoms with Crippen LogP contribution in [0.25, 0.3) is 0 Å². The van der Waals surface area contributed by atoms with Gasteiger partial charge in [0.15, 0.2) is 0 Å². The van der Waals surface area contributed by atoms with Crippen molar-refractivity contribution in [1.29, 1.82) is 0 Å². The Labute approximate surface area is 70.7 Å². The third-order valence-corrected chi connectivity index (χ3v) is 1.96. The lowest BCUT2D eigenvalue weighted by Gasteiger charge is -2.04. The fourth-order valence-electron chi connectivity index (χ4n) is 0.339. The maximum Gasteiger partial charge on any atom is 0.323 e. The number of methoxy groups -OCH3 is 1. The second-order valence-electron chi connectivity index (χ2n) is 1.53. The number of thiocarbonyl (C=S) groups is 1. The van der Waals surface area contributed by atoms with Crippen molar-refractivity contribution in [3.05, 3.63) is 12.7 Å². The lowest BCUT2D eigenvalue weighted by molar-refractivity contribution is -0.138. The highest BCUT2D eigenvalue weighted by molar-refractivity contribution is 7.87. The molecule has 0 aliphatic rings. The number of carbonyl (C=O) groups is 1. The molecule has 0 heterocycles. The van der Waals surface area contributed by atoms with E-state index in [0.717, 1.165) is 0 Å². The Balaban J connectivity index is 4.06. The first-order valence-corrected chi connectivity index (χ1v) is 3.48. The maximum absolute atomic E-state index is 10.7. The van der Waals surface area contributed by atoms with Crippen LogP contribution in [0.4, 0.5) is 0 Å². The van der Waals surface area contributed by atoms with E-state index in [-0.39, 0.29) is 0 Å². The Morgan fingerprint density at radius 2 is 2.40 bits per heavy atom. The molecule has 0 aliphatic carbocycles. The van der Waals surface area contributed by atoms with Gasteiger partial charge in [-0.2, -0.15) is 12.6 Å². The van der Waals surface area contributed by atoms with Gasteiger partial charge in [-0.05, 0) is 0 Å². The molecule has 0 bridgehead atoms. The number of thiol groups is 1. The zero-order chi connectivity index (χ0) is 8.15. The van der Waals surface area contributed by atoms with Gasteiger partial charge in [-0.15, -0.1) is 0 Å². The molecule has 0 spiro atoms. The molecule has 0 saturated carbocycles. The number of ether oxygens (including phenoxy) is 1. The van der Waals surface area contributed by atoms with Gasteiger partial charge in [0.25, 0.3) is 0 Å². The topological polar surface area (TPSA) is 26.3 Å². The quantitative estimate of drug-likeness (QED) is 0.301. The predicted molar refractivity (Wildman–Crippen MR) is 47.6 cm³/mol. The summed E-state index contributed by atoms with van der Waals surface area (Å²) in [5.74, 6) is -0.451. The van der Waals surface area contributed by atoms with Crippen LogP contribution in [-0.4, -0.2) is 23.2 Å². The zero-order valence-corrected chi connectivity index (χ0v) is 7.24. The second kappa shape index (κ2) is 4.46. The molecule has 0 rings (SSSR count). The number of hydrogen-bond donors (Lipinski definition) is 1. The van der Waals surface area contributed by atoms with Crippen LogP contribution < -0.4 is 0 Å². The average Bonchev–Trinajstić information content (AvgIpc) is 2.00. The highest BCUT2D eigenvalue weighted by atomic mass is 32.1. The Bertz CT molecular complexity index is 165. The molecule has 0 aliphatic heterocycles. The van der Waals surface area contributed by atoms with E-state index in [0.29, 0.717) is 4.86 Å². The highest BCUT2D eigenvalue weighted by Gasteiger charge is 2.16. The van der Waals surface area contributed by atoms with Crippen LogP contribution in [0.3, 0.4) is 0 Å². The average molecular weight is 176 g/mol. The lowest BCUT2D eigenvalue weighted by atomic mass is 10.3. The summed E-state index contributed by atoms with van der Waals surface area (Å²) < 4.78 is 4.38. The predicted octanol–water partition coefficient (Wildman–Crippen LogP) is 1.01. The lowest BCUT2D eigenvalue weighted by Crippen LogP contribution is -2.22. The Morgan fingerprint density at radius 3 is 2.70 bits per heavy atom. The minimum Gasteiger partial charge on any atom is -0.468 e. The smallest absolute Gasteiger partial charge is 0.323 e. The first-order valence-electron chi connectivity index (χ1n) is 2.55. The van der Waals surface area contributed by atoms with Crippen LogP contribution in [0.1, 0.15) is 0 Å². The molecule has 1 atom stereocenters. The van der Waals surface area contributed by atoms with Crippen LogP contribution in [0.5, 0.6) is 0 Å². The van der Waals surface area contributed by atoms with Gasteiger partial charge in [0.1, 0.15) is 5.25 Å². The van der Waals surface area contributed by atoms with Crippen molar-refractivity contribution >= 4 is 35.7 Å². The van der Waals surface area contributed by atoms with Gasteiger partial charge < -0.3 is 4.74 Å². The number of hydrogen-bond acceptors (Lipinski definition) is 4. The van der Waals surface area contributed by atoms with Crippen molar-refractivity contribution in [3.8, 4) is 0 Å². The van der Waals surface area contributed by atoms with Gasteiger partial charge >= 0.3 is 5.97 Å². The molecule has 10 heavy (non-hydrogen) atoms. The molecule has 0 N–H and O–H groups in total. The van der Waals surface area contributed by atoms with Crippen LogP contribution in [0, 0.1) is 0 Å². The van der Waals surface area contributed by atoms with Crippen molar-refractivity contribution in [2.24, 2.45) is 0 Å². The fourth-order valence-corrected chi connectivity index (χ4v) is 0.646. The van der Waals surface area contributed by atoms with Crippen LogP contribution in [-0.2, 0) is 9.53 Å². The monoisotopic (exact) mass is 176 g/mol. The molecule has 0 fully saturated rings. The minimum absolute atomic E-state index is 0.384. The van der Waals surface area contributed by atoms with Gasteiger partial charge in [-0.25, -0.2) is 0 Å². The molecule has 0 radical (unpaired) electrons. The van der Waals surface area contributed by atoms with Crippen molar-refractivity contribution in [2.45, 2.75) is 5.25 Å². The van der Waals surface area contributed by atoms with Crippen molar-refractivity contribution in [1.82, 2.24) is 0 Å². The van der Waals surface area contributed by atoms with E-state index in [1.807, 2.05) is 0 Å². The normalized spacial score (nSPS) is 11.8. The summed E-state index contributed by atoms with van der Waals surface area (Å²) in [6.07, 6.45) is 1.41. The Morgan fingerprint density at radius 1 is 1.90 bits per heavy atom. The molecule has 0 aromatic carbocycles. The van der Waals surface area contributed by atoms with E-state index in [9.17, 15) is 4.79 Å². The number of allylic oxidation sites excluding steroid dienone is 1. The van der Waals surface area contributed by atoms with Gasteiger partial charge in [0.2, 0.25) is 0 Å². The maximum atomic E-state index is 10.7. The summed E-state index contributed by atoms with van der Waals surface area (Å²) in [6, 6.07) is 0. The van der Waals surface area contributed by atoms with Gasteiger partial charge in [-0.1, -0.05) is 24.9 Å². The fraction of sp³-hybridized carbons (Fsp3) is 0.333. The van der Waals surface area contributed by atoms with E-state index < -0.39 is 11.2 Å². The summed E-state index contributed by atoms with van der Waals surface area (Å²) in [5.41, 5.74) is 0. The van der Waals surface area contributed by atoms with Crippen LogP contribution in [0.15, 0.2) is 12.7 Å². The third kappa shape index (κ3) is 2.49. The molecule has 0 aromatic heterocycles. The van der Waals surface area contributed by atoms with Gasteiger partial charge in [0.05, 0.1) is 7.11 Å². The molecule has 0 aromatic rings. The summed E-state index contributed by atoms with van der Waals surface area (Å²) in [6.45, 7) is 3.40. The second-order valence-corrected chi connectivity index (χ2v) is 2.52. The summed E-state index contributed by atoms with van der Waals surface area (Å²) in [7, 11) is 1.29. The molecule has 4 heteroatoms. The first-order chi connectivity index (χ1) is 4.63. The minimum atomic E-state index is -0.655.